The molecule has 0 aliphatic rings. The van der Waals surface area contributed by atoms with Gasteiger partial charge in [0.15, 0.2) is 5.78 Å². The summed E-state index contributed by atoms with van der Waals surface area (Å²) in [6, 6.07) is 3.91. The maximum absolute atomic E-state index is 11.6. The van der Waals surface area contributed by atoms with Crippen molar-refractivity contribution in [1.82, 2.24) is 0 Å². The highest BCUT2D eigenvalue weighted by Gasteiger charge is 2.14. The van der Waals surface area contributed by atoms with Crippen LogP contribution >= 0.6 is 0 Å². The molecule has 0 spiro atoms. The van der Waals surface area contributed by atoms with Gasteiger partial charge in [-0.15, -0.1) is 0 Å². The number of benzene rings is 1. The van der Waals surface area contributed by atoms with E-state index in [1.165, 1.54) is 12.1 Å². The lowest BCUT2D eigenvalue weighted by Gasteiger charge is -2.07. The average molecular weight is 264 g/mol. The smallest absolute Gasteiger partial charge is 0.339 e. The van der Waals surface area contributed by atoms with E-state index in [1.54, 1.807) is 6.92 Å². The van der Waals surface area contributed by atoms with E-state index in [2.05, 4.69) is 0 Å². The Morgan fingerprint density at radius 1 is 1.21 bits per heavy atom. The normalized spacial score (nSPS) is 10.4. The summed E-state index contributed by atoms with van der Waals surface area (Å²) in [5.74, 6) is -2.90. The fraction of sp³-hybridized carbons (Fsp3) is 0.154. The minimum Gasteiger partial charge on any atom is -0.493 e. The Labute approximate surface area is 108 Å². The van der Waals surface area contributed by atoms with E-state index < -0.39 is 17.7 Å². The number of carbonyl (C=O) groups is 3. The molecule has 19 heavy (non-hydrogen) atoms. The van der Waals surface area contributed by atoms with Crippen LogP contribution in [0.3, 0.4) is 0 Å². The van der Waals surface area contributed by atoms with Crippen LogP contribution in [0.25, 0.3) is 0 Å². The second-order valence-electron chi connectivity index (χ2n) is 3.48. The third-order valence-corrected chi connectivity index (χ3v) is 2.17. The van der Waals surface area contributed by atoms with Gasteiger partial charge in [-0.1, -0.05) is 0 Å². The predicted octanol–water partition coefficient (Wildman–Crippen LogP) is 1.61. The molecule has 0 heterocycles. The number of carboxylic acid groups (broad SMARTS) is 2. The summed E-state index contributed by atoms with van der Waals surface area (Å²) in [6.45, 7) is 2.01. The lowest BCUT2D eigenvalue weighted by molar-refractivity contribution is -0.131. The molecule has 0 aromatic heterocycles. The van der Waals surface area contributed by atoms with Gasteiger partial charge in [0.1, 0.15) is 11.3 Å². The standard InChI is InChI=1S/C13H12O6/c1-2-19-11-5-3-8(7-9(11)13(17)18)10(14)4-6-12(15)16/h3-7H,2H2,1H3,(H,15,16)(H,17,18)/b6-4+. The topological polar surface area (TPSA) is 101 Å². The van der Waals surface area contributed by atoms with Crippen molar-refractivity contribution < 1.29 is 29.3 Å². The number of carbonyl (C=O) groups excluding carboxylic acids is 1. The van der Waals surface area contributed by atoms with E-state index in [0.29, 0.717) is 12.7 Å². The van der Waals surface area contributed by atoms with Gasteiger partial charge in [0.25, 0.3) is 0 Å². The SMILES string of the molecule is CCOc1ccc(C(=O)/C=C/C(=O)O)cc1C(=O)O. The molecule has 0 unspecified atom stereocenters. The molecule has 0 fully saturated rings. The highest BCUT2D eigenvalue weighted by Crippen LogP contribution is 2.20. The zero-order chi connectivity index (χ0) is 14.4. The van der Waals surface area contributed by atoms with Crippen LogP contribution in [-0.4, -0.2) is 34.5 Å². The molecule has 0 saturated heterocycles. The Hall–Kier alpha value is -2.63. The van der Waals surface area contributed by atoms with Crippen LogP contribution in [0.1, 0.15) is 27.6 Å². The first-order valence-corrected chi connectivity index (χ1v) is 5.41. The Morgan fingerprint density at radius 3 is 2.42 bits per heavy atom. The zero-order valence-electron chi connectivity index (χ0n) is 10.1. The molecule has 6 nitrogen and oxygen atoms in total. The molecule has 0 amide bonds. The second kappa shape index (κ2) is 6.34. The molecule has 1 aromatic carbocycles. The van der Waals surface area contributed by atoms with Gasteiger partial charge in [-0.25, -0.2) is 9.59 Å². The molecule has 0 radical (unpaired) electrons. The number of ketones is 1. The van der Waals surface area contributed by atoms with E-state index in [4.69, 9.17) is 14.9 Å². The third-order valence-electron chi connectivity index (χ3n) is 2.17. The summed E-state index contributed by atoms with van der Waals surface area (Å²) in [4.78, 5) is 32.9. The van der Waals surface area contributed by atoms with Gasteiger partial charge >= 0.3 is 11.9 Å². The summed E-state index contributed by atoms with van der Waals surface area (Å²) >= 11 is 0. The van der Waals surface area contributed by atoms with Gasteiger partial charge in [-0.2, -0.15) is 0 Å². The number of hydrogen-bond donors (Lipinski definition) is 2. The largest absolute Gasteiger partial charge is 0.493 e. The predicted molar refractivity (Wildman–Crippen MR) is 65.7 cm³/mol. The van der Waals surface area contributed by atoms with Gasteiger partial charge in [-0.05, 0) is 31.2 Å². The van der Waals surface area contributed by atoms with E-state index in [-0.39, 0.29) is 16.9 Å². The first-order chi connectivity index (χ1) is 8.95. The minimum absolute atomic E-state index is 0.0818. The lowest BCUT2D eigenvalue weighted by Crippen LogP contribution is -2.05. The van der Waals surface area contributed by atoms with Crippen LogP contribution < -0.4 is 4.74 Å². The zero-order valence-corrected chi connectivity index (χ0v) is 10.1. The van der Waals surface area contributed by atoms with E-state index in [1.807, 2.05) is 0 Å². The molecule has 0 aliphatic heterocycles. The molecule has 1 aromatic rings. The minimum atomic E-state index is -1.25. The summed E-state index contributed by atoms with van der Waals surface area (Å²) in [7, 11) is 0. The van der Waals surface area contributed by atoms with E-state index in [9.17, 15) is 14.4 Å². The third kappa shape index (κ3) is 3.95. The fourth-order valence-corrected chi connectivity index (χ4v) is 1.37. The van der Waals surface area contributed by atoms with Crippen LogP contribution in [0.15, 0.2) is 30.4 Å². The summed E-state index contributed by atoms with van der Waals surface area (Å²) in [5, 5.41) is 17.4. The highest BCUT2D eigenvalue weighted by molar-refractivity contribution is 6.08. The Kier molecular flexibility index (Phi) is 4.82. The molecular weight excluding hydrogens is 252 g/mol. The fourth-order valence-electron chi connectivity index (χ4n) is 1.37. The number of allylic oxidation sites excluding steroid dienone is 1. The number of rotatable bonds is 6. The van der Waals surface area contributed by atoms with Crippen molar-refractivity contribution in [3.05, 3.63) is 41.5 Å². The van der Waals surface area contributed by atoms with Crippen LogP contribution in [0.5, 0.6) is 5.75 Å². The molecule has 0 atom stereocenters. The average Bonchev–Trinajstić information content (AvgIpc) is 2.36. The van der Waals surface area contributed by atoms with Crippen LogP contribution in [-0.2, 0) is 4.79 Å². The molecule has 0 aliphatic carbocycles. The van der Waals surface area contributed by atoms with Crippen molar-refractivity contribution in [3.8, 4) is 5.75 Å². The summed E-state index contributed by atoms with van der Waals surface area (Å²) in [6.07, 6.45) is 1.56. The summed E-state index contributed by atoms with van der Waals surface area (Å²) in [5.41, 5.74) is -0.0604. The van der Waals surface area contributed by atoms with Crippen LogP contribution in [0.4, 0.5) is 0 Å². The number of aromatic carboxylic acids is 1. The molecule has 0 saturated carbocycles. The molecule has 1 rings (SSSR count). The maximum atomic E-state index is 11.6. The van der Waals surface area contributed by atoms with Crippen molar-refractivity contribution in [3.63, 3.8) is 0 Å². The van der Waals surface area contributed by atoms with Gasteiger partial charge in [0, 0.05) is 11.6 Å². The quantitative estimate of drug-likeness (QED) is 0.598. The second-order valence-corrected chi connectivity index (χ2v) is 3.48. The van der Waals surface area contributed by atoms with E-state index in [0.717, 1.165) is 12.1 Å². The van der Waals surface area contributed by atoms with Crippen molar-refractivity contribution in [2.24, 2.45) is 0 Å². The molecular formula is C13H12O6. The van der Waals surface area contributed by atoms with Crippen molar-refractivity contribution >= 4 is 17.7 Å². The number of ether oxygens (including phenoxy) is 1. The first-order valence-electron chi connectivity index (χ1n) is 5.41. The molecule has 2 N–H and O–H groups in total. The maximum Gasteiger partial charge on any atom is 0.339 e. The van der Waals surface area contributed by atoms with E-state index >= 15 is 0 Å². The van der Waals surface area contributed by atoms with Gasteiger partial charge < -0.3 is 14.9 Å². The van der Waals surface area contributed by atoms with Crippen LogP contribution in [0.2, 0.25) is 0 Å². The Balaban J connectivity index is 3.11. The molecule has 0 bridgehead atoms. The van der Waals surface area contributed by atoms with Crippen molar-refractivity contribution in [2.45, 2.75) is 6.92 Å². The highest BCUT2D eigenvalue weighted by atomic mass is 16.5. The van der Waals surface area contributed by atoms with Gasteiger partial charge in [0.2, 0.25) is 0 Å². The monoisotopic (exact) mass is 264 g/mol. The van der Waals surface area contributed by atoms with Gasteiger partial charge in [-0.3, -0.25) is 4.79 Å². The van der Waals surface area contributed by atoms with Crippen molar-refractivity contribution in [2.75, 3.05) is 6.61 Å². The Morgan fingerprint density at radius 2 is 1.89 bits per heavy atom. The van der Waals surface area contributed by atoms with Crippen molar-refractivity contribution in [1.29, 1.82) is 0 Å². The Bertz CT molecular complexity index is 544. The number of hydrogen-bond acceptors (Lipinski definition) is 4. The van der Waals surface area contributed by atoms with Gasteiger partial charge in [0.05, 0.1) is 6.61 Å². The van der Waals surface area contributed by atoms with Crippen LogP contribution in [0, 0.1) is 0 Å². The molecule has 6 heteroatoms. The lowest BCUT2D eigenvalue weighted by atomic mass is 10.1. The number of aliphatic carboxylic acids is 1. The molecule has 100 valence electrons. The summed E-state index contributed by atoms with van der Waals surface area (Å²) < 4.78 is 5.13. The number of carboxylic acids is 2. The first kappa shape index (κ1) is 14.4.